The second-order valence-electron chi connectivity index (χ2n) is 7.99. The van der Waals surface area contributed by atoms with Gasteiger partial charge in [0.1, 0.15) is 11.7 Å². The van der Waals surface area contributed by atoms with Crippen molar-refractivity contribution in [1.82, 2.24) is 15.2 Å². The Labute approximate surface area is 197 Å². The Kier molecular flexibility index (Phi) is 7.55. The summed E-state index contributed by atoms with van der Waals surface area (Å²) in [6.07, 6.45) is 6.91. The minimum Gasteiger partial charge on any atom is -0.351 e. The van der Waals surface area contributed by atoms with E-state index < -0.39 is 6.04 Å². The van der Waals surface area contributed by atoms with Gasteiger partial charge in [-0.3, -0.25) is 14.6 Å². The van der Waals surface area contributed by atoms with E-state index >= 15 is 0 Å². The first-order chi connectivity index (χ1) is 15.6. The van der Waals surface area contributed by atoms with Gasteiger partial charge in [0.2, 0.25) is 5.91 Å². The van der Waals surface area contributed by atoms with Crippen molar-refractivity contribution in [3.63, 3.8) is 0 Å². The summed E-state index contributed by atoms with van der Waals surface area (Å²) in [5.41, 5.74) is 0.912. The topological polar surface area (TPSA) is 62.3 Å². The van der Waals surface area contributed by atoms with E-state index in [0.717, 1.165) is 30.6 Å². The number of rotatable bonds is 7. The van der Waals surface area contributed by atoms with E-state index in [-0.39, 0.29) is 17.9 Å². The maximum atomic E-state index is 13.7. The molecular formula is C25H26ClN3O2S. The average Bonchev–Trinajstić information content (AvgIpc) is 3.34. The number of thiophene rings is 1. The van der Waals surface area contributed by atoms with Crippen LogP contribution in [0.3, 0.4) is 0 Å². The van der Waals surface area contributed by atoms with Gasteiger partial charge in [-0.15, -0.1) is 11.3 Å². The highest BCUT2D eigenvalue weighted by atomic mass is 35.5. The third kappa shape index (κ3) is 5.37. The fourth-order valence-corrected chi connectivity index (χ4v) is 5.10. The van der Waals surface area contributed by atoms with E-state index in [1.54, 1.807) is 46.7 Å². The van der Waals surface area contributed by atoms with Crippen LogP contribution >= 0.6 is 22.9 Å². The van der Waals surface area contributed by atoms with Crippen molar-refractivity contribution in [2.75, 3.05) is 0 Å². The summed E-state index contributed by atoms with van der Waals surface area (Å²) in [5.74, 6) is -0.506. The van der Waals surface area contributed by atoms with Gasteiger partial charge >= 0.3 is 0 Å². The number of benzene rings is 1. The lowest BCUT2D eigenvalue weighted by atomic mass is 9.94. The van der Waals surface area contributed by atoms with Crippen LogP contribution < -0.4 is 5.32 Å². The number of hydrogen-bond donors (Lipinski definition) is 1. The Balaban J connectivity index is 1.73. The molecule has 0 radical (unpaired) electrons. The first-order valence-electron chi connectivity index (χ1n) is 10.9. The van der Waals surface area contributed by atoms with Gasteiger partial charge in [0.25, 0.3) is 5.91 Å². The van der Waals surface area contributed by atoms with Crippen LogP contribution in [-0.2, 0) is 11.3 Å². The number of carbonyl (C=O) groups is 2. The van der Waals surface area contributed by atoms with Crippen LogP contribution in [0, 0.1) is 0 Å². The van der Waals surface area contributed by atoms with Crippen LogP contribution in [-0.4, -0.2) is 27.7 Å². The van der Waals surface area contributed by atoms with Crippen molar-refractivity contribution in [2.24, 2.45) is 0 Å². The predicted octanol–water partition coefficient (Wildman–Crippen LogP) is 5.63. The van der Waals surface area contributed by atoms with Crippen molar-refractivity contribution >= 4 is 34.8 Å². The minimum atomic E-state index is -0.859. The summed E-state index contributed by atoms with van der Waals surface area (Å²) in [6.45, 7) is 0.293. The van der Waals surface area contributed by atoms with Gasteiger partial charge in [-0.1, -0.05) is 61.2 Å². The van der Waals surface area contributed by atoms with Crippen molar-refractivity contribution in [3.8, 4) is 0 Å². The second-order valence-corrected chi connectivity index (χ2v) is 9.43. The molecule has 0 aliphatic heterocycles. The summed E-state index contributed by atoms with van der Waals surface area (Å²) in [4.78, 5) is 34.2. The monoisotopic (exact) mass is 467 g/mol. The molecule has 5 nitrogen and oxygen atoms in total. The molecular weight excluding hydrogens is 442 g/mol. The minimum absolute atomic E-state index is 0.120. The lowest BCUT2D eigenvalue weighted by Crippen LogP contribution is -2.47. The zero-order chi connectivity index (χ0) is 22.3. The van der Waals surface area contributed by atoms with Gasteiger partial charge in [0.15, 0.2) is 0 Å². The Morgan fingerprint density at radius 3 is 2.53 bits per heavy atom. The first-order valence-corrected chi connectivity index (χ1v) is 12.2. The molecule has 1 fully saturated rings. The molecule has 0 bridgehead atoms. The number of nitrogens with one attached hydrogen (secondary N) is 1. The molecule has 0 unspecified atom stereocenters. The van der Waals surface area contributed by atoms with Crippen molar-refractivity contribution in [2.45, 2.75) is 50.7 Å². The molecule has 7 heteroatoms. The smallest absolute Gasteiger partial charge is 0.273 e. The zero-order valence-electron chi connectivity index (χ0n) is 17.7. The maximum Gasteiger partial charge on any atom is 0.273 e. The van der Waals surface area contributed by atoms with Gasteiger partial charge < -0.3 is 10.2 Å². The Morgan fingerprint density at radius 1 is 1.06 bits per heavy atom. The number of carbonyl (C=O) groups excluding carboxylic acids is 2. The van der Waals surface area contributed by atoms with E-state index in [1.807, 2.05) is 35.7 Å². The number of hydrogen-bond acceptors (Lipinski definition) is 4. The normalized spacial score (nSPS) is 15.2. The maximum absolute atomic E-state index is 13.7. The van der Waals surface area contributed by atoms with Crippen molar-refractivity contribution in [3.05, 3.63) is 87.3 Å². The standard InChI is InChI=1S/C25H26ClN3O2S/c26-21-13-5-4-12-20(21)23(24(30)28-18-9-2-1-3-10-18)29(17-19-11-8-16-32-19)25(31)22-14-6-7-15-27-22/h4-8,11-16,18,23H,1-3,9-10,17H2,(H,28,30)/t23-/m0/s1. The molecule has 1 saturated carbocycles. The van der Waals surface area contributed by atoms with Gasteiger partial charge in [0.05, 0.1) is 6.54 Å². The molecule has 0 spiro atoms. The summed E-state index contributed by atoms with van der Waals surface area (Å²) in [6, 6.07) is 15.6. The Morgan fingerprint density at radius 2 is 1.84 bits per heavy atom. The van der Waals surface area contributed by atoms with E-state index in [9.17, 15) is 9.59 Å². The van der Waals surface area contributed by atoms with Crippen LogP contribution in [0.25, 0.3) is 0 Å². The lowest BCUT2D eigenvalue weighted by Gasteiger charge is -2.33. The fraction of sp³-hybridized carbons (Fsp3) is 0.320. The molecule has 1 aromatic carbocycles. The second kappa shape index (κ2) is 10.7. The third-order valence-corrected chi connectivity index (χ3v) is 6.97. The molecule has 1 aliphatic rings. The molecule has 1 N–H and O–H groups in total. The fourth-order valence-electron chi connectivity index (χ4n) is 4.16. The molecule has 4 rings (SSSR count). The highest BCUT2D eigenvalue weighted by Gasteiger charge is 2.35. The van der Waals surface area contributed by atoms with Gasteiger partial charge in [0, 0.05) is 27.7 Å². The van der Waals surface area contributed by atoms with Gasteiger partial charge in [-0.05, 0) is 42.5 Å². The summed E-state index contributed by atoms with van der Waals surface area (Å²) in [7, 11) is 0. The van der Waals surface area contributed by atoms with Gasteiger partial charge in [-0.2, -0.15) is 0 Å². The SMILES string of the molecule is O=C(NC1CCCCC1)[C@H](c1ccccc1Cl)N(Cc1cccs1)C(=O)c1ccccn1. The molecule has 166 valence electrons. The summed E-state index contributed by atoms with van der Waals surface area (Å²) < 4.78 is 0. The largest absolute Gasteiger partial charge is 0.351 e. The molecule has 1 aliphatic carbocycles. The van der Waals surface area contributed by atoms with Crippen LogP contribution in [0.5, 0.6) is 0 Å². The molecule has 2 amide bonds. The van der Waals surface area contributed by atoms with Crippen LogP contribution in [0.2, 0.25) is 5.02 Å². The molecule has 2 heterocycles. The molecule has 1 atom stereocenters. The lowest BCUT2D eigenvalue weighted by molar-refractivity contribution is -0.127. The average molecular weight is 468 g/mol. The number of nitrogens with zero attached hydrogens (tertiary/aromatic N) is 2. The van der Waals surface area contributed by atoms with Crippen LogP contribution in [0.4, 0.5) is 0 Å². The predicted molar refractivity (Wildman–Crippen MR) is 128 cm³/mol. The first kappa shape index (κ1) is 22.5. The highest BCUT2D eigenvalue weighted by Crippen LogP contribution is 2.32. The summed E-state index contributed by atoms with van der Waals surface area (Å²) in [5, 5.41) is 5.63. The molecule has 32 heavy (non-hydrogen) atoms. The molecule has 0 saturated heterocycles. The Hall–Kier alpha value is -2.70. The summed E-state index contributed by atoms with van der Waals surface area (Å²) >= 11 is 8.10. The van der Waals surface area contributed by atoms with Crippen LogP contribution in [0.15, 0.2) is 66.2 Å². The van der Waals surface area contributed by atoms with Crippen molar-refractivity contribution in [1.29, 1.82) is 0 Å². The van der Waals surface area contributed by atoms with Crippen LogP contribution in [0.1, 0.15) is 59.1 Å². The van der Waals surface area contributed by atoms with E-state index in [2.05, 4.69) is 10.3 Å². The zero-order valence-corrected chi connectivity index (χ0v) is 19.3. The number of halogens is 1. The number of amides is 2. The molecule has 2 aromatic heterocycles. The quantitative estimate of drug-likeness (QED) is 0.489. The van der Waals surface area contributed by atoms with E-state index in [4.69, 9.17) is 11.6 Å². The third-order valence-electron chi connectivity index (χ3n) is 5.76. The van der Waals surface area contributed by atoms with Gasteiger partial charge in [-0.25, -0.2) is 0 Å². The Bertz CT molecular complexity index is 1040. The molecule has 3 aromatic rings. The van der Waals surface area contributed by atoms with Crippen molar-refractivity contribution < 1.29 is 9.59 Å². The highest BCUT2D eigenvalue weighted by molar-refractivity contribution is 7.09. The van der Waals surface area contributed by atoms with E-state index in [0.29, 0.717) is 22.8 Å². The number of aromatic nitrogens is 1. The van der Waals surface area contributed by atoms with E-state index in [1.165, 1.54) is 6.42 Å². The number of pyridine rings is 1.